The predicted octanol–water partition coefficient (Wildman–Crippen LogP) is 4.63. The Hall–Kier alpha value is -1.31. The molecule has 0 spiro atoms. The maximum absolute atomic E-state index is 11.9. The molecule has 1 aromatic rings. The standard InChI is InChI=1S/C17H24O2/c1-3-13-9-5-7-11-16(13)19-17-12-8-6-10-14(17)15(18)4-2/h6,8,10,12-13,16H,3-5,7,9,11H2,1-2H3. The molecule has 1 aliphatic carbocycles. The first kappa shape index (κ1) is 14.1. The van der Waals surface area contributed by atoms with Crippen LogP contribution in [0.2, 0.25) is 0 Å². The van der Waals surface area contributed by atoms with Gasteiger partial charge in [0.15, 0.2) is 5.78 Å². The Bertz CT molecular complexity index is 425. The van der Waals surface area contributed by atoms with Crippen LogP contribution in [0.15, 0.2) is 24.3 Å². The zero-order chi connectivity index (χ0) is 13.7. The second-order valence-corrected chi connectivity index (χ2v) is 5.38. The van der Waals surface area contributed by atoms with Crippen LogP contribution in [0.1, 0.15) is 62.7 Å². The van der Waals surface area contributed by atoms with Crippen molar-refractivity contribution in [3.05, 3.63) is 29.8 Å². The third-order valence-electron chi connectivity index (χ3n) is 4.15. The van der Waals surface area contributed by atoms with Crippen molar-refractivity contribution >= 4 is 5.78 Å². The normalized spacial score (nSPS) is 23.1. The van der Waals surface area contributed by atoms with E-state index in [0.717, 1.165) is 24.2 Å². The number of Topliss-reactive ketones (excluding diaryl/α,β-unsaturated/α-hetero) is 1. The molecule has 2 atom stereocenters. The molecule has 0 N–H and O–H groups in total. The summed E-state index contributed by atoms with van der Waals surface area (Å²) in [6.07, 6.45) is 6.90. The van der Waals surface area contributed by atoms with Crippen molar-refractivity contribution in [2.75, 3.05) is 0 Å². The van der Waals surface area contributed by atoms with Crippen LogP contribution in [0.5, 0.6) is 5.75 Å². The van der Waals surface area contributed by atoms with Crippen LogP contribution in [0, 0.1) is 5.92 Å². The number of carbonyl (C=O) groups excluding carboxylic acids is 1. The summed E-state index contributed by atoms with van der Waals surface area (Å²) in [6, 6.07) is 7.68. The lowest BCUT2D eigenvalue weighted by atomic mass is 9.84. The molecule has 0 aliphatic heterocycles. The fraction of sp³-hybridized carbons (Fsp3) is 0.588. The molecule has 0 aromatic heterocycles. The van der Waals surface area contributed by atoms with Gasteiger partial charge >= 0.3 is 0 Å². The summed E-state index contributed by atoms with van der Waals surface area (Å²) in [5, 5.41) is 0. The summed E-state index contributed by atoms with van der Waals surface area (Å²) in [5.74, 6) is 1.58. The summed E-state index contributed by atoms with van der Waals surface area (Å²) < 4.78 is 6.19. The van der Waals surface area contributed by atoms with Gasteiger partial charge in [0, 0.05) is 6.42 Å². The smallest absolute Gasteiger partial charge is 0.166 e. The van der Waals surface area contributed by atoms with Gasteiger partial charge in [0.1, 0.15) is 11.9 Å². The van der Waals surface area contributed by atoms with Crippen LogP contribution >= 0.6 is 0 Å². The van der Waals surface area contributed by atoms with Crippen LogP contribution in [-0.4, -0.2) is 11.9 Å². The van der Waals surface area contributed by atoms with Crippen LogP contribution < -0.4 is 4.74 Å². The van der Waals surface area contributed by atoms with Gasteiger partial charge in [0.25, 0.3) is 0 Å². The number of para-hydroxylation sites is 1. The molecule has 1 saturated carbocycles. The Kier molecular flexibility index (Phi) is 5.00. The summed E-state index contributed by atoms with van der Waals surface area (Å²) in [7, 11) is 0. The maximum atomic E-state index is 11.9. The van der Waals surface area contributed by atoms with Gasteiger partial charge in [0.05, 0.1) is 5.56 Å². The predicted molar refractivity (Wildman–Crippen MR) is 77.7 cm³/mol. The van der Waals surface area contributed by atoms with E-state index < -0.39 is 0 Å². The fourth-order valence-corrected chi connectivity index (χ4v) is 2.95. The minimum atomic E-state index is 0.166. The second kappa shape index (κ2) is 6.74. The van der Waals surface area contributed by atoms with Crippen molar-refractivity contribution in [3.8, 4) is 5.75 Å². The number of ether oxygens (including phenoxy) is 1. The molecule has 0 radical (unpaired) electrons. The van der Waals surface area contributed by atoms with Gasteiger partial charge in [-0.2, -0.15) is 0 Å². The first-order chi connectivity index (χ1) is 9.26. The highest BCUT2D eigenvalue weighted by Crippen LogP contribution is 2.32. The van der Waals surface area contributed by atoms with E-state index in [9.17, 15) is 4.79 Å². The summed E-state index contributed by atoms with van der Waals surface area (Å²) in [6.45, 7) is 4.13. The monoisotopic (exact) mass is 260 g/mol. The van der Waals surface area contributed by atoms with Crippen LogP contribution in [-0.2, 0) is 0 Å². The highest BCUT2D eigenvalue weighted by atomic mass is 16.5. The third-order valence-corrected chi connectivity index (χ3v) is 4.15. The van der Waals surface area contributed by atoms with Crippen molar-refractivity contribution in [2.45, 2.75) is 58.5 Å². The van der Waals surface area contributed by atoms with E-state index in [2.05, 4.69) is 6.92 Å². The molecule has 1 fully saturated rings. The van der Waals surface area contributed by atoms with Crippen molar-refractivity contribution in [2.24, 2.45) is 5.92 Å². The third kappa shape index (κ3) is 3.37. The summed E-state index contributed by atoms with van der Waals surface area (Å²) in [4.78, 5) is 11.9. The van der Waals surface area contributed by atoms with Crippen molar-refractivity contribution in [1.82, 2.24) is 0 Å². The van der Waals surface area contributed by atoms with Crippen LogP contribution in [0.3, 0.4) is 0 Å². The summed E-state index contributed by atoms with van der Waals surface area (Å²) >= 11 is 0. The SMILES string of the molecule is CCC(=O)c1ccccc1OC1CCCCC1CC. The molecule has 104 valence electrons. The highest BCUT2D eigenvalue weighted by Gasteiger charge is 2.26. The first-order valence-corrected chi connectivity index (χ1v) is 7.55. The van der Waals surface area contributed by atoms with E-state index in [1.54, 1.807) is 0 Å². The molecule has 19 heavy (non-hydrogen) atoms. The molecular formula is C17H24O2. The summed E-state index contributed by atoms with van der Waals surface area (Å²) in [5.41, 5.74) is 0.741. The lowest BCUT2D eigenvalue weighted by Gasteiger charge is -2.31. The maximum Gasteiger partial charge on any atom is 0.166 e. The van der Waals surface area contributed by atoms with Crippen molar-refractivity contribution < 1.29 is 9.53 Å². The minimum absolute atomic E-state index is 0.166. The molecule has 0 amide bonds. The Labute approximate surface area is 116 Å². The lowest BCUT2D eigenvalue weighted by Crippen LogP contribution is -2.30. The number of hydrogen-bond donors (Lipinski definition) is 0. The fourth-order valence-electron chi connectivity index (χ4n) is 2.95. The van der Waals surface area contributed by atoms with E-state index in [-0.39, 0.29) is 11.9 Å². The van der Waals surface area contributed by atoms with E-state index in [1.165, 1.54) is 19.3 Å². The molecule has 2 rings (SSSR count). The zero-order valence-corrected chi connectivity index (χ0v) is 12.0. The Morgan fingerprint density at radius 1 is 1.21 bits per heavy atom. The number of hydrogen-bond acceptors (Lipinski definition) is 2. The number of ketones is 1. The molecule has 0 heterocycles. The Balaban J connectivity index is 2.15. The van der Waals surface area contributed by atoms with Crippen LogP contribution in [0.4, 0.5) is 0 Å². The molecular weight excluding hydrogens is 236 g/mol. The van der Waals surface area contributed by atoms with Gasteiger partial charge in [-0.25, -0.2) is 0 Å². The molecule has 0 bridgehead atoms. The van der Waals surface area contributed by atoms with Gasteiger partial charge in [-0.05, 0) is 43.7 Å². The zero-order valence-electron chi connectivity index (χ0n) is 12.0. The Morgan fingerprint density at radius 2 is 1.95 bits per heavy atom. The number of carbonyl (C=O) groups is 1. The van der Waals surface area contributed by atoms with Gasteiger partial charge in [-0.3, -0.25) is 4.79 Å². The minimum Gasteiger partial charge on any atom is -0.489 e. The topological polar surface area (TPSA) is 26.3 Å². The first-order valence-electron chi connectivity index (χ1n) is 7.55. The van der Waals surface area contributed by atoms with Crippen LogP contribution in [0.25, 0.3) is 0 Å². The molecule has 0 saturated heterocycles. The van der Waals surface area contributed by atoms with Gasteiger partial charge in [-0.1, -0.05) is 32.4 Å². The van der Waals surface area contributed by atoms with E-state index in [4.69, 9.17) is 4.74 Å². The van der Waals surface area contributed by atoms with E-state index in [1.807, 2.05) is 31.2 Å². The lowest BCUT2D eigenvalue weighted by molar-refractivity contribution is 0.0859. The average Bonchev–Trinajstić information content (AvgIpc) is 2.47. The second-order valence-electron chi connectivity index (χ2n) is 5.38. The van der Waals surface area contributed by atoms with E-state index >= 15 is 0 Å². The van der Waals surface area contributed by atoms with Gasteiger partial charge in [-0.15, -0.1) is 0 Å². The number of benzene rings is 1. The average molecular weight is 260 g/mol. The number of rotatable bonds is 5. The molecule has 1 aromatic carbocycles. The van der Waals surface area contributed by atoms with E-state index in [0.29, 0.717) is 12.3 Å². The molecule has 2 unspecified atom stereocenters. The van der Waals surface area contributed by atoms with Gasteiger partial charge in [0.2, 0.25) is 0 Å². The largest absolute Gasteiger partial charge is 0.489 e. The van der Waals surface area contributed by atoms with Gasteiger partial charge < -0.3 is 4.74 Å². The molecule has 2 nitrogen and oxygen atoms in total. The highest BCUT2D eigenvalue weighted by molar-refractivity contribution is 5.98. The van der Waals surface area contributed by atoms with Crippen molar-refractivity contribution in [3.63, 3.8) is 0 Å². The molecule has 1 aliphatic rings. The van der Waals surface area contributed by atoms with Crippen molar-refractivity contribution in [1.29, 1.82) is 0 Å². The Morgan fingerprint density at radius 3 is 2.68 bits per heavy atom. The quantitative estimate of drug-likeness (QED) is 0.722. The molecule has 2 heteroatoms.